The molecule has 0 radical (unpaired) electrons. The highest BCUT2D eigenvalue weighted by Crippen LogP contribution is 2.29. The van der Waals surface area contributed by atoms with Crippen molar-refractivity contribution in [1.29, 1.82) is 0 Å². The minimum Gasteiger partial charge on any atom is -0.462 e. The normalized spacial score (nSPS) is 20.2. The molecule has 0 fully saturated rings. The Balaban J connectivity index is 2.35. The number of allylic oxidation sites excluding steroid dienone is 1. The number of nitrogens with one attached hydrogen (secondary N) is 1. The van der Waals surface area contributed by atoms with Gasteiger partial charge < -0.3 is 10.1 Å². The van der Waals surface area contributed by atoms with Gasteiger partial charge in [0.25, 0.3) is 5.91 Å². The summed E-state index contributed by atoms with van der Waals surface area (Å²) in [5.74, 6) is 0.368. The second-order valence-electron chi connectivity index (χ2n) is 6.91. The van der Waals surface area contributed by atoms with E-state index in [-0.39, 0.29) is 11.5 Å². The molecule has 1 N–H and O–H groups in total. The molecule has 1 aliphatic heterocycles. The lowest BCUT2D eigenvalue weighted by molar-refractivity contribution is -0.138. The predicted molar refractivity (Wildman–Crippen MR) is 104 cm³/mol. The van der Waals surface area contributed by atoms with Crippen molar-refractivity contribution >= 4 is 11.9 Å². The summed E-state index contributed by atoms with van der Waals surface area (Å²) in [6, 6.07) is 7.73. The van der Waals surface area contributed by atoms with Gasteiger partial charge in [0.15, 0.2) is 0 Å². The molecule has 140 valence electrons. The first-order chi connectivity index (χ1) is 12.5. The Morgan fingerprint density at radius 1 is 1.38 bits per heavy atom. The molecule has 1 aromatic rings. The number of benzene rings is 1. The summed E-state index contributed by atoms with van der Waals surface area (Å²) in [7, 11) is 0. The zero-order chi connectivity index (χ0) is 19.1. The highest BCUT2D eigenvalue weighted by Gasteiger charge is 2.23. The fourth-order valence-electron chi connectivity index (χ4n) is 3.36. The molecule has 1 aromatic carbocycles. The van der Waals surface area contributed by atoms with E-state index >= 15 is 0 Å². The molecule has 2 rings (SSSR count). The standard InChI is InChI=1S/C22H29NO3/c1-5-15(3)18-12-11-17-9-7-8-10-20(17)21(24)23-19(14-18)13-16(4)22(25)26-6-2/h7-10,13,15,18H,4-6,11-12,14H2,1-3H3,(H,23,24). The number of fused-ring (bicyclic) bond motifs is 1. The van der Waals surface area contributed by atoms with E-state index < -0.39 is 5.97 Å². The van der Waals surface area contributed by atoms with Gasteiger partial charge >= 0.3 is 5.97 Å². The second kappa shape index (κ2) is 9.37. The van der Waals surface area contributed by atoms with Crippen molar-refractivity contribution in [1.82, 2.24) is 5.32 Å². The average Bonchev–Trinajstić information content (AvgIpc) is 2.70. The first-order valence-corrected chi connectivity index (χ1v) is 9.42. The van der Waals surface area contributed by atoms with Gasteiger partial charge in [0.1, 0.15) is 0 Å². The third-order valence-electron chi connectivity index (χ3n) is 5.14. The summed E-state index contributed by atoms with van der Waals surface area (Å²) in [6.07, 6.45) is 5.34. The molecule has 0 aromatic heterocycles. The molecule has 4 nitrogen and oxygen atoms in total. The van der Waals surface area contributed by atoms with Crippen LogP contribution < -0.4 is 5.32 Å². The quantitative estimate of drug-likeness (QED) is 0.628. The van der Waals surface area contributed by atoms with Crippen molar-refractivity contribution in [3.05, 3.63) is 59.3 Å². The zero-order valence-corrected chi connectivity index (χ0v) is 16.0. The highest BCUT2D eigenvalue weighted by molar-refractivity contribution is 5.97. The van der Waals surface area contributed by atoms with Gasteiger partial charge in [0.05, 0.1) is 12.2 Å². The summed E-state index contributed by atoms with van der Waals surface area (Å²) in [4.78, 5) is 24.7. The third-order valence-corrected chi connectivity index (χ3v) is 5.14. The van der Waals surface area contributed by atoms with Crippen LogP contribution >= 0.6 is 0 Å². The van der Waals surface area contributed by atoms with Crippen molar-refractivity contribution in [2.75, 3.05) is 6.61 Å². The number of aryl methyl sites for hydroxylation is 1. The number of hydrogen-bond donors (Lipinski definition) is 1. The topological polar surface area (TPSA) is 55.4 Å². The number of ether oxygens (including phenoxy) is 1. The van der Waals surface area contributed by atoms with Crippen LogP contribution in [-0.2, 0) is 16.0 Å². The van der Waals surface area contributed by atoms with Gasteiger partial charge in [-0.15, -0.1) is 0 Å². The van der Waals surface area contributed by atoms with Gasteiger partial charge in [-0.1, -0.05) is 45.0 Å². The summed E-state index contributed by atoms with van der Waals surface area (Å²) < 4.78 is 5.01. The van der Waals surface area contributed by atoms with Crippen molar-refractivity contribution in [2.45, 2.75) is 46.5 Å². The molecule has 1 aliphatic rings. The van der Waals surface area contributed by atoms with Gasteiger partial charge in [-0.25, -0.2) is 4.79 Å². The Labute approximate surface area is 156 Å². The fourth-order valence-corrected chi connectivity index (χ4v) is 3.36. The molecule has 0 bridgehead atoms. The Morgan fingerprint density at radius 2 is 2.12 bits per heavy atom. The summed E-state index contributed by atoms with van der Waals surface area (Å²) in [5, 5.41) is 3.01. The van der Waals surface area contributed by atoms with Gasteiger partial charge in [0.2, 0.25) is 0 Å². The Kier molecular flexibility index (Phi) is 7.19. The highest BCUT2D eigenvalue weighted by atomic mass is 16.5. The molecular formula is C22H29NO3. The van der Waals surface area contributed by atoms with E-state index in [1.807, 2.05) is 24.3 Å². The zero-order valence-electron chi connectivity index (χ0n) is 16.0. The average molecular weight is 355 g/mol. The largest absolute Gasteiger partial charge is 0.462 e. The van der Waals surface area contributed by atoms with E-state index in [1.54, 1.807) is 13.0 Å². The van der Waals surface area contributed by atoms with Crippen LogP contribution in [0.15, 0.2) is 48.2 Å². The molecular weight excluding hydrogens is 326 g/mol. The first-order valence-electron chi connectivity index (χ1n) is 9.42. The van der Waals surface area contributed by atoms with Crippen LogP contribution in [-0.4, -0.2) is 18.5 Å². The number of rotatable bonds is 5. The molecule has 2 atom stereocenters. The molecule has 4 heteroatoms. The van der Waals surface area contributed by atoms with Crippen LogP contribution in [0.4, 0.5) is 0 Å². The lowest BCUT2D eigenvalue weighted by Crippen LogP contribution is -2.25. The monoisotopic (exact) mass is 355 g/mol. The Bertz CT molecular complexity index is 705. The minimum atomic E-state index is -0.449. The number of carbonyl (C=O) groups excluding carboxylic acids is 2. The van der Waals surface area contributed by atoms with E-state index in [1.165, 1.54) is 0 Å². The van der Waals surface area contributed by atoms with Crippen LogP contribution in [0, 0.1) is 11.8 Å². The van der Waals surface area contributed by atoms with Gasteiger partial charge in [-0.3, -0.25) is 4.79 Å². The summed E-state index contributed by atoms with van der Waals surface area (Å²) in [5.41, 5.74) is 2.77. The lowest BCUT2D eigenvalue weighted by Gasteiger charge is -2.23. The molecule has 0 saturated carbocycles. The number of esters is 1. The fraction of sp³-hybridized carbons (Fsp3) is 0.455. The molecule has 0 saturated heterocycles. The third kappa shape index (κ3) is 5.07. The maximum absolute atomic E-state index is 12.7. The Hall–Kier alpha value is -2.36. The van der Waals surface area contributed by atoms with Crippen LogP contribution in [0.3, 0.4) is 0 Å². The van der Waals surface area contributed by atoms with Crippen LogP contribution in [0.2, 0.25) is 0 Å². The van der Waals surface area contributed by atoms with Crippen molar-refractivity contribution in [3.8, 4) is 0 Å². The minimum absolute atomic E-state index is 0.131. The maximum Gasteiger partial charge on any atom is 0.337 e. The van der Waals surface area contributed by atoms with E-state index in [0.29, 0.717) is 30.4 Å². The molecule has 1 amide bonds. The molecule has 2 unspecified atom stereocenters. The molecule has 26 heavy (non-hydrogen) atoms. The molecule has 0 spiro atoms. The van der Waals surface area contributed by atoms with Gasteiger partial charge in [-0.2, -0.15) is 0 Å². The Morgan fingerprint density at radius 3 is 2.81 bits per heavy atom. The van der Waals surface area contributed by atoms with E-state index in [2.05, 4.69) is 25.7 Å². The summed E-state index contributed by atoms with van der Waals surface area (Å²) >= 11 is 0. The van der Waals surface area contributed by atoms with Crippen LogP contribution in [0.1, 0.15) is 56.0 Å². The van der Waals surface area contributed by atoms with Crippen LogP contribution in [0.25, 0.3) is 0 Å². The van der Waals surface area contributed by atoms with Crippen molar-refractivity contribution in [2.24, 2.45) is 11.8 Å². The first kappa shape index (κ1) is 20.0. The number of hydrogen-bond acceptors (Lipinski definition) is 3. The maximum atomic E-state index is 12.7. The number of amides is 1. The van der Waals surface area contributed by atoms with Gasteiger partial charge in [0, 0.05) is 11.3 Å². The van der Waals surface area contributed by atoms with Gasteiger partial charge in [-0.05, 0) is 55.7 Å². The van der Waals surface area contributed by atoms with Crippen molar-refractivity contribution < 1.29 is 14.3 Å². The van der Waals surface area contributed by atoms with E-state index in [0.717, 1.165) is 30.5 Å². The predicted octanol–water partition coefficient (Wildman–Crippen LogP) is 4.42. The smallest absolute Gasteiger partial charge is 0.337 e. The van der Waals surface area contributed by atoms with E-state index in [9.17, 15) is 9.59 Å². The molecule has 1 heterocycles. The second-order valence-corrected chi connectivity index (χ2v) is 6.91. The van der Waals surface area contributed by atoms with Crippen LogP contribution in [0.5, 0.6) is 0 Å². The lowest BCUT2D eigenvalue weighted by atomic mass is 9.83. The SMILES string of the molecule is C=C(C=C1CC(C(C)CC)CCc2ccccc2C(=O)N1)C(=O)OCC. The van der Waals surface area contributed by atoms with E-state index in [4.69, 9.17) is 4.74 Å². The molecule has 0 aliphatic carbocycles. The summed E-state index contributed by atoms with van der Waals surface area (Å²) in [6.45, 7) is 10.3. The number of carbonyl (C=O) groups is 2. The van der Waals surface area contributed by atoms with Crippen molar-refractivity contribution in [3.63, 3.8) is 0 Å².